The third-order valence-electron chi connectivity index (χ3n) is 10.1. The minimum atomic E-state index is -2.57. The molecular formula is C43H27NSi. The minimum absolute atomic E-state index is 1.15. The molecule has 0 aliphatic carbocycles. The fourth-order valence-electron chi connectivity index (χ4n) is 8.29. The first-order valence-corrected chi connectivity index (χ1v) is 17.6. The number of benzene rings is 7. The molecule has 8 aromatic rings. The van der Waals surface area contributed by atoms with E-state index in [-0.39, 0.29) is 0 Å². The van der Waals surface area contributed by atoms with E-state index in [0.29, 0.717) is 0 Å². The maximum atomic E-state index is 5.00. The average Bonchev–Trinajstić information content (AvgIpc) is 3.57. The number of rotatable bonds is 2. The van der Waals surface area contributed by atoms with Gasteiger partial charge in [0.05, 0.1) is 5.69 Å². The van der Waals surface area contributed by atoms with Crippen LogP contribution in [0.1, 0.15) is 0 Å². The van der Waals surface area contributed by atoms with Gasteiger partial charge in [0, 0.05) is 11.8 Å². The Morgan fingerprint density at radius 3 is 1.49 bits per heavy atom. The number of fused-ring (bicyclic) bond motifs is 12. The molecule has 0 N–H and O–H groups in total. The molecule has 0 unspecified atom stereocenters. The summed E-state index contributed by atoms with van der Waals surface area (Å²) in [5, 5.41) is 10.9. The Morgan fingerprint density at radius 2 is 0.844 bits per heavy atom. The Morgan fingerprint density at radius 1 is 0.356 bits per heavy atom. The van der Waals surface area contributed by atoms with Gasteiger partial charge in [0.15, 0.2) is 8.07 Å². The second-order valence-corrected chi connectivity index (χ2v) is 15.9. The van der Waals surface area contributed by atoms with E-state index >= 15 is 0 Å². The summed E-state index contributed by atoms with van der Waals surface area (Å²) in [4.78, 5) is 5.00. The Kier molecular flexibility index (Phi) is 5.08. The molecule has 1 nitrogen and oxygen atoms in total. The SMILES string of the molecule is c1ccc2c(c1)-c1ncccc1[Si]21c2ccc(-c3cccc4ccccc34)cc2-c2cc(-c3cccc4ccccc34)ccc21. The topological polar surface area (TPSA) is 12.9 Å². The van der Waals surface area contributed by atoms with E-state index in [9.17, 15) is 0 Å². The van der Waals surface area contributed by atoms with Crippen molar-refractivity contribution in [1.82, 2.24) is 4.98 Å². The van der Waals surface area contributed by atoms with Crippen LogP contribution in [0.25, 0.3) is 66.2 Å². The first kappa shape index (κ1) is 24.8. The van der Waals surface area contributed by atoms with Crippen molar-refractivity contribution in [2.75, 3.05) is 0 Å². The third-order valence-corrected chi connectivity index (χ3v) is 15.1. The van der Waals surface area contributed by atoms with Gasteiger partial charge in [-0.1, -0.05) is 140 Å². The molecule has 7 aromatic carbocycles. The van der Waals surface area contributed by atoms with Gasteiger partial charge in [-0.3, -0.25) is 4.98 Å². The maximum absolute atomic E-state index is 5.00. The van der Waals surface area contributed by atoms with Crippen LogP contribution >= 0.6 is 0 Å². The summed E-state index contributed by atoms with van der Waals surface area (Å²) in [5.74, 6) is 0. The highest BCUT2D eigenvalue weighted by atomic mass is 28.3. The van der Waals surface area contributed by atoms with Crippen LogP contribution in [0.3, 0.4) is 0 Å². The number of nitrogens with zero attached hydrogens (tertiary/aromatic N) is 1. The summed E-state index contributed by atoms with van der Waals surface area (Å²) < 4.78 is 0. The maximum Gasteiger partial charge on any atom is 0.183 e. The van der Waals surface area contributed by atoms with Crippen molar-refractivity contribution in [2.24, 2.45) is 0 Å². The Balaban J connectivity index is 1.30. The molecule has 10 rings (SSSR count). The quantitative estimate of drug-likeness (QED) is 0.187. The first-order valence-electron chi connectivity index (χ1n) is 15.6. The fraction of sp³-hybridized carbons (Fsp3) is 0. The van der Waals surface area contributed by atoms with Crippen molar-refractivity contribution >= 4 is 50.4 Å². The minimum Gasteiger partial charge on any atom is -0.256 e. The first-order chi connectivity index (χ1) is 22.3. The van der Waals surface area contributed by atoms with E-state index in [1.807, 2.05) is 6.20 Å². The number of pyridine rings is 1. The summed E-state index contributed by atoms with van der Waals surface area (Å²) in [6.07, 6.45) is 1.95. The highest BCUT2D eigenvalue weighted by Gasteiger charge is 2.54. The Hall–Kier alpha value is -5.57. The fourth-order valence-corrected chi connectivity index (χ4v) is 13.8. The Labute approximate surface area is 263 Å². The van der Waals surface area contributed by atoms with Crippen LogP contribution in [0, 0.1) is 0 Å². The third kappa shape index (κ3) is 3.29. The number of hydrogen-bond donors (Lipinski definition) is 0. The van der Waals surface area contributed by atoms with Crippen molar-refractivity contribution in [3.63, 3.8) is 0 Å². The van der Waals surface area contributed by atoms with Gasteiger partial charge in [-0.2, -0.15) is 0 Å². The van der Waals surface area contributed by atoms with Crippen LogP contribution in [-0.4, -0.2) is 13.1 Å². The molecule has 208 valence electrons. The molecule has 2 heteroatoms. The lowest BCUT2D eigenvalue weighted by Gasteiger charge is -2.27. The summed E-state index contributed by atoms with van der Waals surface area (Å²) in [7, 11) is -2.57. The lowest BCUT2D eigenvalue weighted by Crippen LogP contribution is -2.70. The molecule has 0 saturated carbocycles. The van der Waals surface area contributed by atoms with Crippen molar-refractivity contribution < 1.29 is 0 Å². The van der Waals surface area contributed by atoms with Crippen molar-refractivity contribution in [3.05, 3.63) is 164 Å². The van der Waals surface area contributed by atoms with E-state index in [1.54, 1.807) is 0 Å². The van der Waals surface area contributed by atoms with E-state index in [1.165, 1.54) is 81.2 Å². The van der Waals surface area contributed by atoms with Crippen LogP contribution in [0.4, 0.5) is 0 Å². The van der Waals surface area contributed by atoms with Crippen molar-refractivity contribution in [1.29, 1.82) is 0 Å². The number of aromatic nitrogens is 1. The lowest BCUT2D eigenvalue weighted by molar-refractivity contribution is 1.36. The Bertz CT molecular complexity index is 2320. The van der Waals surface area contributed by atoms with Gasteiger partial charge in [-0.25, -0.2) is 0 Å². The molecule has 0 fully saturated rings. The molecule has 0 saturated heterocycles. The van der Waals surface area contributed by atoms with Gasteiger partial charge >= 0.3 is 0 Å². The zero-order valence-corrected chi connectivity index (χ0v) is 25.5. The van der Waals surface area contributed by atoms with Crippen LogP contribution in [0.5, 0.6) is 0 Å². The summed E-state index contributed by atoms with van der Waals surface area (Å²) in [5.41, 5.74) is 10.2. The molecule has 0 amide bonds. The molecule has 0 radical (unpaired) electrons. The average molecular weight is 586 g/mol. The van der Waals surface area contributed by atoms with Gasteiger partial charge in [0.2, 0.25) is 0 Å². The van der Waals surface area contributed by atoms with Crippen LogP contribution in [-0.2, 0) is 0 Å². The van der Waals surface area contributed by atoms with Crippen molar-refractivity contribution in [2.45, 2.75) is 0 Å². The van der Waals surface area contributed by atoms with E-state index in [2.05, 4.69) is 158 Å². The standard InChI is InChI=1S/C43H27NSi/c1-3-14-32-28(10-1)12-7-17-34(32)30-21-23-40-37(26-30)38-27-31(35-18-8-13-29-11-2-4-15-33(29)35)22-24-41(38)45(40)39-19-6-5-16-36(39)43-42(45)20-9-25-44-43/h1-27H. The normalized spacial score (nSPS) is 13.5. The van der Waals surface area contributed by atoms with Crippen LogP contribution < -0.4 is 20.7 Å². The summed E-state index contributed by atoms with van der Waals surface area (Å²) in [6.45, 7) is 0. The number of hydrogen-bond acceptors (Lipinski definition) is 1. The monoisotopic (exact) mass is 585 g/mol. The molecule has 2 aliphatic rings. The summed E-state index contributed by atoms with van der Waals surface area (Å²) >= 11 is 0. The molecule has 0 atom stereocenters. The zero-order chi connectivity index (χ0) is 29.5. The van der Waals surface area contributed by atoms with Gasteiger partial charge in [0.25, 0.3) is 0 Å². The molecule has 0 bridgehead atoms. The molecule has 45 heavy (non-hydrogen) atoms. The predicted molar refractivity (Wildman–Crippen MR) is 192 cm³/mol. The van der Waals surface area contributed by atoms with Gasteiger partial charge in [-0.15, -0.1) is 0 Å². The summed E-state index contributed by atoms with van der Waals surface area (Å²) in [6, 6.07) is 58.9. The van der Waals surface area contributed by atoms with Gasteiger partial charge in [0.1, 0.15) is 0 Å². The highest BCUT2D eigenvalue weighted by Crippen LogP contribution is 2.40. The van der Waals surface area contributed by atoms with E-state index in [0.717, 1.165) is 5.69 Å². The van der Waals surface area contributed by atoms with Crippen LogP contribution in [0.2, 0.25) is 0 Å². The van der Waals surface area contributed by atoms with Crippen LogP contribution in [0.15, 0.2) is 164 Å². The van der Waals surface area contributed by atoms with Gasteiger partial charge < -0.3 is 0 Å². The smallest absolute Gasteiger partial charge is 0.183 e. The second kappa shape index (κ2) is 9.22. The molecule has 1 aromatic heterocycles. The molecular weight excluding hydrogens is 559 g/mol. The molecule has 3 heterocycles. The predicted octanol–water partition coefficient (Wildman–Crippen LogP) is 8.06. The lowest BCUT2D eigenvalue weighted by atomic mass is 9.93. The second-order valence-electron chi connectivity index (χ2n) is 12.3. The van der Waals surface area contributed by atoms with E-state index in [4.69, 9.17) is 4.98 Å². The largest absolute Gasteiger partial charge is 0.256 e. The zero-order valence-electron chi connectivity index (χ0n) is 24.5. The van der Waals surface area contributed by atoms with Gasteiger partial charge in [-0.05, 0) is 93.9 Å². The molecule has 2 aliphatic heterocycles. The highest BCUT2D eigenvalue weighted by molar-refractivity contribution is 7.24. The molecule has 1 spiro atoms. The van der Waals surface area contributed by atoms with Crippen molar-refractivity contribution in [3.8, 4) is 44.6 Å². The van der Waals surface area contributed by atoms with E-state index < -0.39 is 8.07 Å².